The van der Waals surface area contributed by atoms with E-state index in [4.69, 9.17) is 38.0 Å². The van der Waals surface area contributed by atoms with Gasteiger partial charge in [0.1, 0.15) is 30.5 Å². The lowest BCUT2D eigenvalue weighted by Crippen LogP contribution is -2.49. The van der Waals surface area contributed by atoms with Crippen LogP contribution in [0.5, 0.6) is 17.2 Å². The first-order valence-electron chi connectivity index (χ1n) is 10.3. The van der Waals surface area contributed by atoms with Crippen molar-refractivity contribution in [2.75, 3.05) is 19.8 Å². The third-order valence-corrected chi connectivity index (χ3v) is 5.27. The number of hydrogen-bond donors (Lipinski definition) is 3. The fourth-order valence-corrected chi connectivity index (χ4v) is 3.51. The van der Waals surface area contributed by atoms with Crippen molar-refractivity contribution in [2.24, 2.45) is 0 Å². The molecule has 0 atom stereocenters. The predicted molar refractivity (Wildman–Crippen MR) is 140 cm³/mol. The molecular weight excluding hydrogens is 558 g/mol. The summed E-state index contributed by atoms with van der Waals surface area (Å²) in [4.78, 5) is 24.3. The summed E-state index contributed by atoms with van der Waals surface area (Å²) in [5, 5.41) is 2.75. The summed E-state index contributed by atoms with van der Waals surface area (Å²) >= 11 is 14.4. The molecule has 2 amide bonds. The highest BCUT2D eigenvalue weighted by Gasteiger charge is 2.10. The predicted octanol–water partition coefficient (Wildman–Crippen LogP) is 4.27. The minimum absolute atomic E-state index is 0.0802. The quantitative estimate of drug-likeness (QED) is 0.198. The van der Waals surface area contributed by atoms with Gasteiger partial charge in [0.15, 0.2) is 11.7 Å². The number of halogens is 2. The molecule has 3 aromatic rings. The molecule has 8 nitrogen and oxygen atoms in total. The third kappa shape index (κ3) is 9.08. The highest BCUT2D eigenvalue weighted by molar-refractivity contribution is 9.10. The van der Waals surface area contributed by atoms with Crippen LogP contribution in [0.25, 0.3) is 0 Å². The second kappa shape index (κ2) is 13.5. The average Bonchev–Trinajstić information content (AvgIpc) is 2.86. The van der Waals surface area contributed by atoms with E-state index < -0.39 is 11.8 Å². The number of carbonyl (C=O) groups excluding carboxylic acids is 2. The van der Waals surface area contributed by atoms with Crippen LogP contribution in [0.3, 0.4) is 0 Å². The van der Waals surface area contributed by atoms with Gasteiger partial charge in [0.25, 0.3) is 11.8 Å². The minimum Gasteiger partial charge on any atom is -0.490 e. The summed E-state index contributed by atoms with van der Waals surface area (Å²) < 4.78 is 17.3. The van der Waals surface area contributed by atoms with Crippen molar-refractivity contribution < 1.29 is 23.8 Å². The lowest BCUT2D eigenvalue weighted by atomic mass is 10.2. The van der Waals surface area contributed by atoms with Crippen LogP contribution in [0.15, 0.2) is 77.3 Å². The SMILES string of the molecule is O=C(COc1ccc(Br)cc1Cl)NNC(=S)NC(=O)c1ccc(OCCOc2ccccc2)cc1. The standard InChI is InChI=1S/C24H21BrClN3O5S/c25-17-8-11-21(20(26)14-17)34-15-22(30)28-29-24(35)27-23(31)16-6-9-19(10-7-16)33-13-12-32-18-4-2-1-3-5-18/h1-11,14H,12-13,15H2,(H,28,30)(H2,27,29,31,35). The molecule has 0 saturated carbocycles. The molecule has 3 N–H and O–H groups in total. The number of amides is 2. The molecule has 0 unspecified atom stereocenters. The van der Waals surface area contributed by atoms with Gasteiger partial charge in [0.2, 0.25) is 0 Å². The van der Waals surface area contributed by atoms with Crippen LogP contribution in [0.4, 0.5) is 0 Å². The molecule has 0 aliphatic rings. The second-order valence-electron chi connectivity index (χ2n) is 6.85. The van der Waals surface area contributed by atoms with Gasteiger partial charge in [-0.2, -0.15) is 0 Å². The van der Waals surface area contributed by atoms with E-state index in [0.717, 1.165) is 10.2 Å². The number of nitrogens with one attached hydrogen (secondary N) is 3. The van der Waals surface area contributed by atoms with Crippen LogP contribution in [-0.2, 0) is 4.79 Å². The van der Waals surface area contributed by atoms with Crippen LogP contribution in [0, 0.1) is 0 Å². The Kier molecular flexibility index (Phi) is 10.1. The van der Waals surface area contributed by atoms with E-state index in [2.05, 4.69) is 32.1 Å². The highest BCUT2D eigenvalue weighted by atomic mass is 79.9. The number of ether oxygens (including phenoxy) is 3. The molecule has 3 rings (SSSR count). The van der Waals surface area contributed by atoms with Crippen molar-refractivity contribution >= 4 is 56.7 Å². The van der Waals surface area contributed by atoms with Gasteiger partial charge in [-0.15, -0.1) is 0 Å². The molecule has 3 aromatic carbocycles. The van der Waals surface area contributed by atoms with E-state index >= 15 is 0 Å². The summed E-state index contributed by atoms with van der Waals surface area (Å²) in [7, 11) is 0. The van der Waals surface area contributed by atoms with Crippen LogP contribution in [0.2, 0.25) is 5.02 Å². The van der Waals surface area contributed by atoms with Crippen molar-refractivity contribution in [1.29, 1.82) is 0 Å². The van der Waals surface area contributed by atoms with Gasteiger partial charge in [-0.1, -0.05) is 45.7 Å². The molecule has 0 saturated heterocycles. The molecule has 182 valence electrons. The van der Waals surface area contributed by atoms with E-state index in [1.165, 1.54) is 0 Å². The molecule has 0 aromatic heterocycles. The van der Waals surface area contributed by atoms with E-state index in [1.807, 2.05) is 30.3 Å². The molecule has 0 bridgehead atoms. The Bertz CT molecular complexity index is 1170. The third-order valence-electron chi connectivity index (χ3n) is 4.28. The van der Waals surface area contributed by atoms with Crippen LogP contribution >= 0.6 is 39.7 Å². The molecule has 35 heavy (non-hydrogen) atoms. The number of hydrazine groups is 1. The number of benzene rings is 3. The zero-order chi connectivity index (χ0) is 25.0. The van der Waals surface area contributed by atoms with Gasteiger partial charge in [-0.05, 0) is 66.8 Å². The second-order valence-corrected chi connectivity index (χ2v) is 8.59. The zero-order valence-corrected chi connectivity index (χ0v) is 21.4. The lowest BCUT2D eigenvalue weighted by molar-refractivity contribution is -0.123. The number of thiocarbonyl (C=S) groups is 1. The van der Waals surface area contributed by atoms with Gasteiger partial charge in [0.05, 0.1) is 5.02 Å². The first-order valence-corrected chi connectivity index (χ1v) is 11.9. The summed E-state index contributed by atoms with van der Waals surface area (Å²) in [6.45, 7) is 0.438. The van der Waals surface area contributed by atoms with Crippen molar-refractivity contribution in [1.82, 2.24) is 16.2 Å². The monoisotopic (exact) mass is 577 g/mol. The minimum atomic E-state index is -0.515. The van der Waals surface area contributed by atoms with Gasteiger partial charge in [0, 0.05) is 10.0 Å². The smallest absolute Gasteiger partial charge is 0.276 e. The van der Waals surface area contributed by atoms with Crippen LogP contribution in [0.1, 0.15) is 10.4 Å². The number of hydrogen-bond acceptors (Lipinski definition) is 6. The molecule has 0 spiro atoms. The van der Waals surface area contributed by atoms with Crippen molar-refractivity contribution in [3.8, 4) is 17.2 Å². The zero-order valence-electron chi connectivity index (χ0n) is 18.3. The van der Waals surface area contributed by atoms with Crippen LogP contribution in [-0.4, -0.2) is 36.7 Å². The Hall–Kier alpha value is -3.34. The fraction of sp³-hybridized carbons (Fsp3) is 0.125. The number of para-hydroxylation sites is 1. The Morgan fingerprint density at radius 2 is 1.51 bits per heavy atom. The summed E-state index contributed by atoms with van der Waals surface area (Å²) in [6.07, 6.45) is 0. The molecule has 0 aliphatic heterocycles. The van der Waals surface area contributed by atoms with Crippen LogP contribution < -0.4 is 30.4 Å². The summed E-state index contributed by atoms with van der Waals surface area (Å²) in [6, 6.07) is 21.0. The molecule has 11 heteroatoms. The lowest BCUT2D eigenvalue weighted by Gasteiger charge is -2.12. The number of carbonyl (C=O) groups is 2. The molecule has 0 heterocycles. The topological polar surface area (TPSA) is 97.9 Å². The fourth-order valence-electron chi connectivity index (χ4n) is 2.64. The van der Waals surface area contributed by atoms with Crippen molar-refractivity contribution in [2.45, 2.75) is 0 Å². The van der Waals surface area contributed by atoms with Gasteiger partial charge in [-0.3, -0.25) is 25.8 Å². The van der Waals surface area contributed by atoms with E-state index in [-0.39, 0.29) is 11.7 Å². The summed E-state index contributed by atoms with van der Waals surface area (Å²) in [5.74, 6) is 0.756. The first kappa shape index (κ1) is 26.3. The normalized spacial score (nSPS) is 10.1. The van der Waals surface area contributed by atoms with E-state index in [0.29, 0.717) is 35.3 Å². The van der Waals surface area contributed by atoms with Crippen molar-refractivity contribution in [3.05, 3.63) is 87.9 Å². The first-order chi connectivity index (χ1) is 16.9. The Morgan fingerprint density at radius 3 is 2.17 bits per heavy atom. The maximum atomic E-state index is 12.3. The largest absolute Gasteiger partial charge is 0.490 e. The van der Waals surface area contributed by atoms with E-state index in [9.17, 15) is 9.59 Å². The van der Waals surface area contributed by atoms with Gasteiger partial charge < -0.3 is 14.2 Å². The maximum Gasteiger partial charge on any atom is 0.276 e. The molecule has 0 radical (unpaired) electrons. The highest BCUT2D eigenvalue weighted by Crippen LogP contribution is 2.27. The summed E-state index contributed by atoms with van der Waals surface area (Å²) in [5.41, 5.74) is 5.14. The molecule has 0 fully saturated rings. The van der Waals surface area contributed by atoms with Gasteiger partial charge >= 0.3 is 0 Å². The Labute approximate surface area is 221 Å². The molecular formula is C24H21BrClN3O5S. The van der Waals surface area contributed by atoms with E-state index in [1.54, 1.807) is 42.5 Å². The average molecular weight is 579 g/mol. The molecule has 0 aliphatic carbocycles. The Balaban J connectivity index is 1.34. The van der Waals surface area contributed by atoms with Crippen molar-refractivity contribution in [3.63, 3.8) is 0 Å². The number of rotatable bonds is 9. The maximum absolute atomic E-state index is 12.3. The Morgan fingerprint density at radius 1 is 0.857 bits per heavy atom. The van der Waals surface area contributed by atoms with Gasteiger partial charge in [-0.25, -0.2) is 0 Å².